The maximum atomic E-state index is 12.9. The monoisotopic (exact) mass is 763 g/mol. The smallest absolute Gasteiger partial charge is 0.393 e. The van der Waals surface area contributed by atoms with Crippen LogP contribution in [0.2, 0.25) is 0 Å². The molecule has 1 aliphatic carbocycles. The van der Waals surface area contributed by atoms with Gasteiger partial charge in [-0.05, 0) is 39.0 Å². The number of amides is 1. The SMILES string of the molecule is C/C=C/CC/C=C/CC/C=C/C(O)C(COP(=O)(O)OC1C(O)C(O)C(O)C(O)C1O)NC(=O)CC(O)CCCCCCCCCCCCCCC. The van der Waals surface area contributed by atoms with E-state index in [1.807, 2.05) is 19.1 Å². The van der Waals surface area contributed by atoms with E-state index < -0.39 is 75.2 Å². The first kappa shape index (κ1) is 48.5. The summed E-state index contributed by atoms with van der Waals surface area (Å²) in [6.07, 6.45) is 15.8. The zero-order chi connectivity index (χ0) is 38.8. The summed E-state index contributed by atoms with van der Waals surface area (Å²) in [5.41, 5.74) is 0. The van der Waals surface area contributed by atoms with Crippen molar-refractivity contribution in [3.05, 3.63) is 36.5 Å². The van der Waals surface area contributed by atoms with Gasteiger partial charge in [0.25, 0.3) is 0 Å². The van der Waals surface area contributed by atoms with Crippen molar-refractivity contribution in [1.29, 1.82) is 0 Å². The fourth-order valence-electron chi connectivity index (χ4n) is 6.04. The van der Waals surface area contributed by atoms with Crippen molar-refractivity contribution in [3.8, 4) is 0 Å². The normalized spacial score (nSPS) is 25.5. The van der Waals surface area contributed by atoms with Crippen LogP contribution in [0.15, 0.2) is 36.5 Å². The number of rotatable bonds is 30. The lowest BCUT2D eigenvalue weighted by Gasteiger charge is -2.41. The van der Waals surface area contributed by atoms with E-state index in [9.17, 15) is 50.0 Å². The lowest BCUT2D eigenvalue weighted by atomic mass is 9.85. The average molecular weight is 764 g/mol. The molecule has 0 bridgehead atoms. The first-order valence-corrected chi connectivity index (χ1v) is 21.0. The summed E-state index contributed by atoms with van der Waals surface area (Å²) in [6, 6.07) is -1.26. The summed E-state index contributed by atoms with van der Waals surface area (Å²) < 4.78 is 22.7. The Bertz CT molecular complexity index is 1040. The van der Waals surface area contributed by atoms with Crippen LogP contribution in [0.3, 0.4) is 0 Å². The van der Waals surface area contributed by atoms with Crippen LogP contribution < -0.4 is 5.32 Å². The number of phosphoric acid groups is 1. The highest BCUT2D eigenvalue weighted by molar-refractivity contribution is 7.47. The van der Waals surface area contributed by atoms with Gasteiger partial charge in [-0.2, -0.15) is 0 Å². The Kier molecular flexibility index (Phi) is 27.0. The van der Waals surface area contributed by atoms with E-state index in [2.05, 4.69) is 24.4 Å². The first-order valence-electron chi connectivity index (χ1n) is 19.5. The first-order chi connectivity index (χ1) is 24.8. The number of hydrogen-bond donors (Lipinski definition) is 9. The highest BCUT2D eigenvalue weighted by Crippen LogP contribution is 2.47. The molecule has 14 heteroatoms. The summed E-state index contributed by atoms with van der Waals surface area (Å²) >= 11 is 0. The van der Waals surface area contributed by atoms with E-state index in [4.69, 9.17) is 9.05 Å². The molecule has 13 nitrogen and oxygen atoms in total. The molecular formula is C38H70NO12P. The van der Waals surface area contributed by atoms with Gasteiger partial charge < -0.3 is 46.0 Å². The number of hydrogen-bond acceptors (Lipinski definition) is 11. The van der Waals surface area contributed by atoms with Crippen LogP contribution in [0, 0.1) is 0 Å². The minimum Gasteiger partial charge on any atom is -0.393 e. The molecule has 1 aliphatic rings. The summed E-state index contributed by atoms with van der Waals surface area (Å²) in [4.78, 5) is 23.2. The van der Waals surface area contributed by atoms with Gasteiger partial charge >= 0.3 is 7.82 Å². The molecule has 0 heterocycles. The van der Waals surface area contributed by atoms with Crippen LogP contribution in [-0.2, 0) is 18.4 Å². The average Bonchev–Trinajstić information content (AvgIpc) is 3.11. The van der Waals surface area contributed by atoms with Crippen LogP contribution >= 0.6 is 7.82 Å². The van der Waals surface area contributed by atoms with Gasteiger partial charge in [-0.3, -0.25) is 13.8 Å². The van der Waals surface area contributed by atoms with Crippen molar-refractivity contribution < 1.29 is 59.0 Å². The number of unbranched alkanes of at least 4 members (excludes halogenated alkanes) is 14. The van der Waals surface area contributed by atoms with Gasteiger partial charge in [0.1, 0.15) is 36.6 Å². The minimum atomic E-state index is -5.14. The molecule has 0 spiro atoms. The zero-order valence-electron chi connectivity index (χ0n) is 31.5. The number of phosphoric ester groups is 1. The molecule has 0 aromatic heterocycles. The third kappa shape index (κ3) is 21.4. The number of carbonyl (C=O) groups excluding carboxylic acids is 1. The lowest BCUT2D eigenvalue weighted by Crippen LogP contribution is -2.64. The largest absolute Gasteiger partial charge is 0.472 e. The van der Waals surface area contributed by atoms with E-state index in [1.54, 1.807) is 6.08 Å². The summed E-state index contributed by atoms with van der Waals surface area (Å²) in [5.74, 6) is -0.612. The molecule has 304 valence electrons. The number of aliphatic hydroxyl groups excluding tert-OH is 7. The van der Waals surface area contributed by atoms with Gasteiger partial charge in [-0.25, -0.2) is 4.57 Å². The molecule has 0 saturated heterocycles. The Morgan fingerprint density at radius 3 is 1.69 bits per heavy atom. The van der Waals surface area contributed by atoms with Crippen molar-refractivity contribution >= 4 is 13.7 Å². The molecular weight excluding hydrogens is 693 g/mol. The molecule has 0 radical (unpaired) electrons. The van der Waals surface area contributed by atoms with Crippen LogP contribution in [0.1, 0.15) is 136 Å². The lowest BCUT2D eigenvalue weighted by molar-refractivity contribution is -0.220. The highest BCUT2D eigenvalue weighted by Gasteiger charge is 2.51. The van der Waals surface area contributed by atoms with Gasteiger partial charge in [0, 0.05) is 0 Å². The van der Waals surface area contributed by atoms with Crippen LogP contribution in [0.5, 0.6) is 0 Å². The Morgan fingerprint density at radius 1 is 0.712 bits per heavy atom. The van der Waals surface area contributed by atoms with Crippen molar-refractivity contribution in [2.45, 2.75) is 191 Å². The van der Waals surface area contributed by atoms with Crippen molar-refractivity contribution in [1.82, 2.24) is 5.32 Å². The maximum Gasteiger partial charge on any atom is 0.472 e. The topological polar surface area (TPSA) is 226 Å². The molecule has 1 fully saturated rings. The third-order valence-electron chi connectivity index (χ3n) is 9.30. The molecule has 52 heavy (non-hydrogen) atoms. The maximum absolute atomic E-state index is 12.9. The van der Waals surface area contributed by atoms with Gasteiger partial charge in [0.2, 0.25) is 5.91 Å². The van der Waals surface area contributed by atoms with Crippen molar-refractivity contribution in [2.75, 3.05) is 6.61 Å². The predicted octanol–water partition coefficient (Wildman–Crippen LogP) is 4.63. The van der Waals surface area contributed by atoms with E-state index in [0.717, 1.165) is 38.5 Å². The van der Waals surface area contributed by atoms with Gasteiger partial charge in [0.05, 0.1) is 31.3 Å². The third-order valence-corrected chi connectivity index (χ3v) is 10.3. The molecule has 0 aromatic carbocycles. The predicted molar refractivity (Wildman–Crippen MR) is 201 cm³/mol. The second kappa shape index (κ2) is 28.9. The molecule has 8 atom stereocenters. The minimum absolute atomic E-state index is 0.255. The Balaban J connectivity index is 2.63. The van der Waals surface area contributed by atoms with Crippen LogP contribution in [-0.4, -0.2) is 108 Å². The fraction of sp³-hybridized carbons (Fsp3) is 0.816. The molecule has 9 N–H and O–H groups in total. The van der Waals surface area contributed by atoms with Crippen molar-refractivity contribution in [2.24, 2.45) is 0 Å². The number of allylic oxidation sites excluding steroid dienone is 5. The van der Waals surface area contributed by atoms with Crippen molar-refractivity contribution in [3.63, 3.8) is 0 Å². The van der Waals surface area contributed by atoms with E-state index in [1.165, 1.54) is 63.9 Å². The molecule has 8 unspecified atom stereocenters. The second-order valence-corrected chi connectivity index (χ2v) is 15.4. The van der Waals surface area contributed by atoms with Crippen LogP contribution in [0.25, 0.3) is 0 Å². The zero-order valence-corrected chi connectivity index (χ0v) is 32.4. The van der Waals surface area contributed by atoms with Crippen LogP contribution in [0.4, 0.5) is 0 Å². The second-order valence-electron chi connectivity index (χ2n) is 14.0. The fourth-order valence-corrected chi connectivity index (χ4v) is 7.01. The number of carbonyl (C=O) groups is 1. The summed E-state index contributed by atoms with van der Waals surface area (Å²) in [5, 5.41) is 73.9. The molecule has 1 rings (SSSR count). The standard InChI is InChI=1S/C38H70NO12P/c1-3-5-7-9-11-13-14-15-16-18-19-21-23-25-29(40)27-32(42)39-30(31(41)26-24-22-20-17-12-10-8-6-4-2)28-50-52(48,49)51-38-36(46)34(44)33(43)35(45)37(38)47/h4,6,12,17,24,26,29-31,33-38,40-41,43-47H,3,5,7-11,13-16,18-23,25,27-28H2,1-2H3,(H,39,42)(H,48,49)/b6-4+,17-12+,26-24+. The molecule has 1 saturated carbocycles. The van der Waals surface area contributed by atoms with Gasteiger partial charge in [-0.1, -0.05) is 127 Å². The number of nitrogens with one attached hydrogen (secondary N) is 1. The Labute approximate surface area is 311 Å². The Hall–Kier alpha value is -1.48. The van der Waals surface area contributed by atoms with E-state index in [0.29, 0.717) is 19.3 Å². The molecule has 1 amide bonds. The number of aliphatic hydroxyl groups is 7. The van der Waals surface area contributed by atoms with E-state index >= 15 is 0 Å². The highest BCUT2D eigenvalue weighted by atomic mass is 31.2. The molecule has 0 aromatic rings. The van der Waals surface area contributed by atoms with E-state index in [-0.39, 0.29) is 6.42 Å². The molecule has 0 aliphatic heterocycles. The van der Waals surface area contributed by atoms with Gasteiger partial charge in [0.15, 0.2) is 0 Å². The summed E-state index contributed by atoms with van der Waals surface area (Å²) in [6.45, 7) is 3.44. The Morgan fingerprint density at radius 2 is 1.17 bits per heavy atom. The summed E-state index contributed by atoms with van der Waals surface area (Å²) in [7, 11) is -5.14. The quantitative estimate of drug-likeness (QED) is 0.0277. The van der Waals surface area contributed by atoms with Gasteiger partial charge in [-0.15, -0.1) is 0 Å².